The number of anilines is 1. The molecule has 1 aliphatic rings. The molecule has 1 aliphatic carbocycles. The molecular formula is C24H23N3O2S2. The number of fused-ring (bicyclic) bond motifs is 1. The van der Waals surface area contributed by atoms with Gasteiger partial charge in [-0.15, -0.1) is 11.3 Å². The molecule has 1 unspecified atom stereocenters. The lowest BCUT2D eigenvalue weighted by molar-refractivity contribution is -0.112. The highest BCUT2D eigenvalue weighted by molar-refractivity contribution is 7.73. The number of nitrogens with zero attached hydrogens (tertiary/aromatic N) is 2. The van der Waals surface area contributed by atoms with Crippen molar-refractivity contribution in [1.29, 1.82) is 10.5 Å². The van der Waals surface area contributed by atoms with Crippen LogP contribution in [0.3, 0.4) is 0 Å². The third-order valence-electron chi connectivity index (χ3n) is 5.16. The van der Waals surface area contributed by atoms with Crippen molar-refractivity contribution in [3.8, 4) is 17.9 Å². The van der Waals surface area contributed by atoms with Crippen LogP contribution in [0.25, 0.3) is 6.08 Å². The summed E-state index contributed by atoms with van der Waals surface area (Å²) in [5, 5.41) is 22.5. The molecule has 5 nitrogen and oxygen atoms in total. The Balaban J connectivity index is 1.93. The second-order valence-electron chi connectivity index (χ2n) is 7.52. The second-order valence-corrected chi connectivity index (χ2v) is 9.21. The molecule has 1 N–H and O–H groups in total. The number of rotatable bonds is 6. The van der Waals surface area contributed by atoms with E-state index in [1.807, 2.05) is 25.1 Å². The molecule has 1 heterocycles. The number of amides is 1. The third kappa shape index (κ3) is 5.19. The smallest absolute Gasteiger partial charge is 0.266 e. The number of carbonyl (C=O) groups excluding carboxylic acids is 1. The van der Waals surface area contributed by atoms with E-state index in [0.29, 0.717) is 38.2 Å². The lowest BCUT2D eigenvalue weighted by atomic mass is 9.85. The number of carbonyl (C=O) groups is 1. The second kappa shape index (κ2) is 10.3. The van der Waals surface area contributed by atoms with Crippen molar-refractivity contribution in [2.75, 3.05) is 11.9 Å². The Kier molecular flexibility index (Phi) is 7.57. The van der Waals surface area contributed by atoms with E-state index in [-0.39, 0.29) is 5.57 Å². The number of benzene rings is 1. The summed E-state index contributed by atoms with van der Waals surface area (Å²) in [6, 6.07) is 11.5. The first-order valence-electron chi connectivity index (χ1n) is 10.2. The summed E-state index contributed by atoms with van der Waals surface area (Å²) >= 11 is 6.78. The highest BCUT2D eigenvalue weighted by Crippen LogP contribution is 2.36. The topological polar surface area (TPSA) is 85.9 Å². The monoisotopic (exact) mass is 449 g/mol. The molecule has 0 aliphatic heterocycles. The van der Waals surface area contributed by atoms with Crippen LogP contribution in [-0.4, -0.2) is 12.5 Å². The zero-order valence-electron chi connectivity index (χ0n) is 17.5. The van der Waals surface area contributed by atoms with Crippen molar-refractivity contribution in [3.63, 3.8) is 0 Å². The first-order chi connectivity index (χ1) is 15.0. The average Bonchev–Trinajstić information content (AvgIpc) is 2.77. The minimum atomic E-state index is -0.570. The summed E-state index contributed by atoms with van der Waals surface area (Å²) in [7, 11) is 0. The predicted molar refractivity (Wildman–Crippen MR) is 126 cm³/mol. The summed E-state index contributed by atoms with van der Waals surface area (Å²) in [4.78, 5) is 12.9. The van der Waals surface area contributed by atoms with Gasteiger partial charge in [-0.2, -0.15) is 10.5 Å². The van der Waals surface area contributed by atoms with Gasteiger partial charge in [0.25, 0.3) is 5.91 Å². The molecule has 0 saturated carbocycles. The Morgan fingerprint density at radius 1 is 1.35 bits per heavy atom. The summed E-state index contributed by atoms with van der Waals surface area (Å²) in [6.45, 7) is 4.73. The number of ether oxygens (including phenoxy) is 1. The van der Waals surface area contributed by atoms with E-state index >= 15 is 0 Å². The number of nitriles is 2. The van der Waals surface area contributed by atoms with Gasteiger partial charge in [-0.3, -0.25) is 4.79 Å². The minimum Gasteiger partial charge on any atom is -0.493 e. The predicted octanol–water partition coefficient (Wildman–Crippen LogP) is 5.81. The van der Waals surface area contributed by atoms with E-state index in [1.165, 1.54) is 17.4 Å². The van der Waals surface area contributed by atoms with Crippen molar-refractivity contribution < 1.29 is 9.53 Å². The fraction of sp³-hybridized carbons (Fsp3) is 0.333. The van der Waals surface area contributed by atoms with Gasteiger partial charge < -0.3 is 10.1 Å². The third-order valence-corrected chi connectivity index (χ3v) is 6.60. The highest BCUT2D eigenvalue weighted by Gasteiger charge is 2.24. The van der Waals surface area contributed by atoms with Gasteiger partial charge in [-0.1, -0.05) is 44.3 Å². The average molecular weight is 450 g/mol. The Morgan fingerprint density at radius 2 is 2.13 bits per heavy atom. The molecular weight excluding hydrogens is 426 g/mol. The standard InChI is InChI=1S/C24H23N3O2S2/c1-3-10-29-21-7-5-4-6-16(21)12-17(13-25)22(28)27-23-20(14-26)18-9-8-15(2)11-19(18)24(30)31-23/h4-7,12,15H,3,8-11H2,1-2H3,(H,27,28)/b17-12+. The summed E-state index contributed by atoms with van der Waals surface area (Å²) in [5.74, 6) is 0.566. The molecule has 3 rings (SSSR count). The number of para-hydroxylation sites is 1. The van der Waals surface area contributed by atoms with E-state index in [4.69, 9.17) is 17.0 Å². The SMILES string of the molecule is CCCOc1ccccc1/C=C(\C#N)C(=O)Nc1sc(=S)c2c(c1C#N)CCC(C)C2. The maximum Gasteiger partial charge on any atom is 0.266 e. The zero-order chi connectivity index (χ0) is 22.4. The molecule has 7 heteroatoms. The molecule has 2 aromatic rings. The summed E-state index contributed by atoms with van der Waals surface area (Å²) in [5.41, 5.74) is 3.01. The molecule has 1 aromatic heterocycles. The van der Waals surface area contributed by atoms with E-state index < -0.39 is 5.91 Å². The molecule has 1 amide bonds. The number of nitrogens with one attached hydrogen (secondary N) is 1. The summed E-state index contributed by atoms with van der Waals surface area (Å²) < 4.78 is 6.40. The molecule has 1 atom stereocenters. The Bertz CT molecular complexity index is 1170. The first kappa shape index (κ1) is 22.7. The molecule has 31 heavy (non-hydrogen) atoms. The van der Waals surface area contributed by atoms with Crippen LogP contribution < -0.4 is 10.1 Å². The van der Waals surface area contributed by atoms with Crippen LogP contribution in [0.15, 0.2) is 29.8 Å². The van der Waals surface area contributed by atoms with Crippen molar-refractivity contribution in [2.45, 2.75) is 39.5 Å². The first-order valence-corrected chi connectivity index (χ1v) is 11.4. The van der Waals surface area contributed by atoms with E-state index in [1.54, 1.807) is 12.1 Å². The van der Waals surface area contributed by atoms with Gasteiger partial charge in [0.1, 0.15) is 28.5 Å². The quantitative estimate of drug-likeness (QED) is 0.342. The molecule has 0 spiro atoms. The zero-order valence-corrected chi connectivity index (χ0v) is 19.2. The van der Waals surface area contributed by atoms with Gasteiger partial charge in [-0.05, 0) is 54.9 Å². The van der Waals surface area contributed by atoms with Gasteiger partial charge in [0.15, 0.2) is 0 Å². The van der Waals surface area contributed by atoms with Gasteiger partial charge in [0, 0.05) is 5.56 Å². The van der Waals surface area contributed by atoms with Crippen LogP contribution >= 0.6 is 23.6 Å². The molecule has 0 saturated heterocycles. The fourth-order valence-electron chi connectivity index (χ4n) is 3.56. The van der Waals surface area contributed by atoms with Crippen molar-refractivity contribution in [1.82, 2.24) is 0 Å². The normalized spacial score (nSPS) is 15.4. The fourth-order valence-corrected chi connectivity index (χ4v) is 4.95. The van der Waals surface area contributed by atoms with Crippen LogP contribution in [0.1, 0.15) is 48.9 Å². The van der Waals surface area contributed by atoms with Crippen LogP contribution in [0, 0.1) is 32.4 Å². The minimum absolute atomic E-state index is 0.0686. The molecule has 0 fully saturated rings. The number of hydrogen-bond acceptors (Lipinski definition) is 6. The van der Waals surface area contributed by atoms with Crippen LogP contribution in [-0.2, 0) is 17.6 Å². The van der Waals surface area contributed by atoms with Crippen molar-refractivity contribution in [2.24, 2.45) is 5.92 Å². The van der Waals surface area contributed by atoms with Crippen molar-refractivity contribution in [3.05, 3.63) is 55.9 Å². The molecule has 0 bridgehead atoms. The molecule has 158 valence electrons. The largest absolute Gasteiger partial charge is 0.493 e. The Hall–Kier alpha value is -3.00. The van der Waals surface area contributed by atoms with Gasteiger partial charge in [0.05, 0.1) is 16.0 Å². The summed E-state index contributed by atoms with van der Waals surface area (Å²) in [6.07, 6.45) is 4.96. The lowest BCUT2D eigenvalue weighted by Gasteiger charge is -2.23. The maximum absolute atomic E-state index is 12.9. The van der Waals surface area contributed by atoms with Crippen LogP contribution in [0.5, 0.6) is 5.75 Å². The van der Waals surface area contributed by atoms with E-state index in [9.17, 15) is 15.3 Å². The number of hydrogen-bond donors (Lipinski definition) is 1. The van der Waals surface area contributed by atoms with E-state index in [2.05, 4.69) is 18.3 Å². The van der Waals surface area contributed by atoms with Gasteiger partial charge in [-0.25, -0.2) is 0 Å². The maximum atomic E-state index is 12.9. The van der Waals surface area contributed by atoms with Crippen LogP contribution in [0.4, 0.5) is 5.00 Å². The van der Waals surface area contributed by atoms with E-state index in [0.717, 1.165) is 36.8 Å². The van der Waals surface area contributed by atoms with Gasteiger partial charge >= 0.3 is 0 Å². The van der Waals surface area contributed by atoms with Crippen LogP contribution in [0.2, 0.25) is 0 Å². The molecule has 0 radical (unpaired) electrons. The highest BCUT2D eigenvalue weighted by atomic mass is 32.1. The van der Waals surface area contributed by atoms with Crippen molar-refractivity contribution >= 4 is 40.5 Å². The lowest BCUT2D eigenvalue weighted by Crippen LogP contribution is -2.17. The van der Waals surface area contributed by atoms with Gasteiger partial charge in [0.2, 0.25) is 0 Å². The molecule has 1 aromatic carbocycles. The Labute approximate surface area is 191 Å². The Morgan fingerprint density at radius 3 is 2.84 bits per heavy atom.